The van der Waals surface area contributed by atoms with Gasteiger partial charge in [0, 0.05) is 9.61 Å². The zero-order chi connectivity index (χ0) is 15.2. The lowest BCUT2D eigenvalue weighted by Crippen LogP contribution is -2.23. The van der Waals surface area contributed by atoms with E-state index in [1.165, 1.54) is 20.3 Å². The van der Waals surface area contributed by atoms with Crippen LogP contribution >= 0.6 is 22.6 Å². The van der Waals surface area contributed by atoms with E-state index < -0.39 is 0 Å². The number of hydrogen-bond acceptors (Lipinski definition) is 1. The number of likely N-dealkylation sites (N-methyl/N-ethyl adjacent to an activating group) is 1. The highest BCUT2D eigenvalue weighted by atomic mass is 127. The van der Waals surface area contributed by atoms with Gasteiger partial charge in [-0.1, -0.05) is 57.2 Å². The highest BCUT2D eigenvalue weighted by molar-refractivity contribution is 14.1. The molecule has 0 aliphatic heterocycles. The topological polar surface area (TPSA) is 12.0 Å². The Labute approximate surface area is 142 Å². The van der Waals surface area contributed by atoms with Crippen LogP contribution in [0, 0.1) is 3.57 Å². The third-order valence-corrected chi connectivity index (χ3v) is 4.46. The molecule has 1 unspecified atom stereocenters. The first-order chi connectivity index (χ1) is 10.1. The van der Waals surface area contributed by atoms with Crippen molar-refractivity contribution in [2.24, 2.45) is 0 Å². The molecule has 0 amide bonds. The Morgan fingerprint density at radius 3 is 2.29 bits per heavy atom. The molecular weight excluding hydrogens is 369 g/mol. The molecule has 0 aromatic heterocycles. The van der Waals surface area contributed by atoms with Gasteiger partial charge in [-0.15, -0.1) is 0 Å². The molecule has 0 aliphatic rings. The SMILES string of the molecule is CCNC(Cc1ccc(C(C)C)cc1)c1cccc(I)c1. The van der Waals surface area contributed by atoms with Gasteiger partial charge in [0.2, 0.25) is 0 Å². The lowest BCUT2D eigenvalue weighted by molar-refractivity contribution is 0.549. The molecular formula is C19H24IN. The first kappa shape index (κ1) is 16.5. The molecule has 0 saturated carbocycles. The van der Waals surface area contributed by atoms with Crippen LogP contribution in [0.2, 0.25) is 0 Å². The standard InChI is InChI=1S/C19H24IN/c1-4-21-19(17-6-5-7-18(20)13-17)12-15-8-10-16(11-9-15)14(2)3/h5-11,13-14,19,21H,4,12H2,1-3H3. The molecule has 0 bridgehead atoms. The Morgan fingerprint density at radius 2 is 1.71 bits per heavy atom. The van der Waals surface area contributed by atoms with Gasteiger partial charge in [0.1, 0.15) is 0 Å². The Balaban J connectivity index is 2.16. The highest BCUT2D eigenvalue weighted by Gasteiger charge is 2.11. The first-order valence-corrected chi connectivity index (χ1v) is 8.75. The second-order valence-corrected chi connectivity index (χ2v) is 7.01. The maximum atomic E-state index is 3.61. The molecule has 2 heteroatoms. The molecule has 0 spiro atoms. The fourth-order valence-electron chi connectivity index (χ4n) is 2.55. The Kier molecular flexibility index (Phi) is 6.24. The quantitative estimate of drug-likeness (QED) is 0.656. The number of benzene rings is 2. The predicted molar refractivity (Wildman–Crippen MR) is 99.8 cm³/mol. The van der Waals surface area contributed by atoms with Crippen LogP contribution in [0.4, 0.5) is 0 Å². The fourth-order valence-corrected chi connectivity index (χ4v) is 3.12. The van der Waals surface area contributed by atoms with Crippen LogP contribution in [-0.2, 0) is 6.42 Å². The molecule has 2 aromatic carbocycles. The third-order valence-electron chi connectivity index (χ3n) is 3.79. The summed E-state index contributed by atoms with van der Waals surface area (Å²) in [5.41, 5.74) is 4.17. The molecule has 0 radical (unpaired) electrons. The summed E-state index contributed by atoms with van der Waals surface area (Å²) in [6, 6.07) is 18.2. The molecule has 1 atom stereocenters. The van der Waals surface area contributed by atoms with E-state index in [9.17, 15) is 0 Å². The minimum atomic E-state index is 0.384. The Bertz CT molecular complexity index is 560. The predicted octanol–water partition coefficient (Wildman–Crippen LogP) is 5.31. The molecule has 112 valence electrons. The summed E-state index contributed by atoms with van der Waals surface area (Å²) in [4.78, 5) is 0. The van der Waals surface area contributed by atoms with Crippen molar-refractivity contribution < 1.29 is 0 Å². The van der Waals surface area contributed by atoms with Crippen molar-refractivity contribution in [1.29, 1.82) is 0 Å². The van der Waals surface area contributed by atoms with Gasteiger partial charge in [-0.2, -0.15) is 0 Å². The maximum Gasteiger partial charge on any atom is 0.0361 e. The molecule has 0 aliphatic carbocycles. The van der Waals surface area contributed by atoms with Gasteiger partial charge in [-0.05, 0) is 70.3 Å². The average Bonchev–Trinajstić information content (AvgIpc) is 2.47. The van der Waals surface area contributed by atoms with Crippen LogP contribution in [-0.4, -0.2) is 6.54 Å². The van der Waals surface area contributed by atoms with Crippen molar-refractivity contribution in [3.8, 4) is 0 Å². The largest absolute Gasteiger partial charge is 0.310 e. The summed E-state index contributed by atoms with van der Waals surface area (Å²) in [5, 5.41) is 3.61. The van der Waals surface area contributed by atoms with Gasteiger partial charge in [0.25, 0.3) is 0 Å². The summed E-state index contributed by atoms with van der Waals surface area (Å²) in [7, 11) is 0. The molecule has 0 heterocycles. The Morgan fingerprint density at radius 1 is 1.00 bits per heavy atom. The van der Waals surface area contributed by atoms with Gasteiger partial charge < -0.3 is 5.32 Å². The minimum absolute atomic E-state index is 0.384. The zero-order valence-electron chi connectivity index (χ0n) is 13.1. The minimum Gasteiger partial charge on any atom is -0.310 e. The van der Waals surface area contributed by atoms with Gasteiger partial charge in [-0.3, -0.25) is 0 Å². The van der Waals surface area contributed by atoms with E-state index in [0.29, 0.717) is 12.0 Å². The summed E-state index contributed by atoms with van der Waals surface area (Å²) in [5.74, 6) is 0.597. The van der Waals surface area contributed by atoms with Crippen LogP contribution in [0.5, 0.6) is 0 Å². The first-order valence-electron chi connectivity index (χ1n) is 7.67. The van der Waals surface area contributed by atoms with Crippen molar-refractivity contribution in [3.05, 3.63) is 68.8 Å². The lowest BCUT2D eigenvalue weighted by Gasteiger charge is -2.19. The van der Waals surface area contributed by atoms with E-state index in [1.54, 1.807) is 0 Å². The molecule has 1 N–H and O–H groups in total. The summed E-state index contributed by atoms with van der Waals surface area (Å²) >= 11 is 2.38. The van der Waals surface area contributed by atoms with E-state index in [4.69, 9.17) is 0 Å². The average molecular weight is 393 g/mol. The summed E-state index contributed by atoms with van der Waals surface area (Å²) in [6.45, 7) is 7.63. The van der Waals surface area contributed by atoms with Crippen LogP contribution in [0.15, 0.2) is 48.5 Å². The number of hydrogen-bond donors (Lipinski definition) is 1. The van der Waals surface area contributed by atoms with Crippen molar-refractivity contribution >= 4 is 22.6 Å². The van der Waals surface area contributed by atoms with Gasteiger partial charge >= 0.3 is 0 Å². The fraction of sp³-hybridized carbons (Fsp3) is 0.368. The van der Waals surface area contributed by atoms with Crippen LogP contribution in [0.25, 0.3) is 0 Å². The van der Waals surface area contributed by atoms with Gasteiger partial charge in [0.05, 0.1) is 0 Å². The van der Waals surface area contributed by atoms with E-state index in [0.717, 1.165) is 13.0 Å². The second kappa shape index (κ2) is 7.95. The Hall–Kier alpha value is -0.870. The molecule has 0 saturated heterocycles. The van der Waals surface area contributed by atoms with Crippen LogP contribution in [0.1, 0.15) is 49.4 Å². The molecule has 2 rings (SSSR count). The van der Waals surface area contributed by atoms with Gasteiger partial charge in [0.15, 0.2) is 0 Å². The molecule has 0 fully saturated rings. The van der Waals surface area contributed by atoms with E-state index in [2.05, 4.69) is 97.2 Å². The second-order valence-electron chi connectivity index (χ2n) is 5.77. The van der Waals surface area contributed by atoms with Gasteiger partial charge in [-0.25, -0.2) is 0 Å². The monoisotopic (exact) mass is 393 g/mol. The smallest absolute Gasteiger partial charge is 0.0361 e. The van der Waals surface area contributed by atoms with Crippen molar-refractivity contribution in [3.63, 3.8) is 0 Å². The summed E-state index contributed by atoms with van der Waals surface area (Å²) < 4.78 is 1.29. The number of nitrogens with one attached hydrogen (secondary N) is 1. The molecule has 1 nitrogen and oxygen atoms in total. The van der Waals surface area contributed by atoms with Crippen molar-refractivity contribution in [2.45, 2.75) is 39.2 Å². The summed E-state index contributed by atoms with van der Waals surface area (Å²) in [6.07, 6.45) is 1.03. The molecule has 2 aromatic rings. The maximum absolute atomic E-state index is 3.61. The highest BCUT2D eigenvalue weighted by Crippen LogP contribution is 2.22. The van der Waals surface area contributed by atoms with Crippen LogP contribution in [0.3, 0.4) is 0 Å². The number of rotatable bonds is 6. The zero-order valence-corrected chi connectivity index (χ0v) is 15.2. The van der Waals surface area contributed by atoms with Crippen molar-refractivity contribution in [2.75, 3.05) is 6.54 Å². The van der Waals surface area contributed by atoms with E-state index in [-0.39, 0.29) is 0 Å². The van der Waals surface area contributed by atoms with Crippen molar-refractivity contribution in [1.82, 2.24) is 5.32 Å². The molecule has 21 heavy (non-hydrogen) atoms. The van der Waals surface area contributed by atoms with Crippen LogP contribution < -0.4 is 5.32 Å². The van der Waals surface area contributed by atoms with E-state index in [1.807, 2.05) is 0 Å². The normalized spacial score (nSPS) is 12.6. The lowest BCUT2D eigenvalue weighted by atomic mass is 9.96. The van der Waals surface area contributed by atoms with E-state index >= 15 is 0 Å². The third kappa shape index (κ3) is 4.82. The number of halogens is 1.